The summed E-state index contributed by atoms with van der Waals surface area (Å²) in [6.07, 6.45) is 3.47. The van der Waals surface area contributed by atoms with Gasteiger partial charge in [-0.25, -0.2) is 4.98 Å². The fourth-order valence-corrected chi connectivity index (χ4v) is 2.52. The summed E-state index contributed by atoms with van der Waals surface area (Å²) >= 11 is 0. The van der Waals surface area contributed by atoms with Crippen LogP contribution in [0.15, 0.2) is 35.2 Å². The fourth-order valence-electron chi connectivity index (χ4n) is 2.52. The highest BCUT2D eigenvalue weighted by atomic mass is 16.3. The van der Waals surface area contributed by atoms with E-state index in [-0.39, 0.29) is 0 Å². The molecule has 0 bridgehead atoms. The molecular formula is C16H17N2O+. The molecule has 0 saturated heterocycles. The van der Waals surface area contributed by atoms with E-state index in [1.165, 1.54) is 28.6 Å². The Bertz CT molecular complexity index is 772. The van der Waals surface area contributed by atoms with Gasteiger partial charge in [-0.3, -0.25) is 0 Å². The van der Waals surface area contributed by atoms with Crippen LogP contribution in [0, 0.1) is 20.8 Å². The Morgan fingerprint density at radius 2 is 1.89 bits per heavy atom. The topological polar surface area (TPSA) is 29.9 Å². The van der Waals surface area contributed by atoms with Gasteiger partial charge in [-0.1, -0.05) is 11.6 Å². The Morgan fingerprint density at radius 3 is 2.68 bits per heavy atom. The molecule has 3 nitrogen and oxygen atoms in total. The van der Waals surface area contributed by atoms with Crippen molar-refractivity contribution in [2.24, 2.45) is 7.05 Å². The summed E-state index contributed by atoms with van der Waals surface area (Å²) in [6.45, 7) is 6.45. The largest absolute Gasteiger partial charge is 0.437 e. The maximum atomic E-state index is 5.34. The lowest BCUT2D eigenvalue weighted by molar-refractivity contribution is -0.659. The zero-order chi connectivity index (χ0) is 13.6. The molecule has 96 valence electrons. The number of oxazole rings is 1. The molecule has 3 aromatic rings. The number of nitrogens with zero attached hydrogens (tertiary/aromatic N) is 2. The van der Waals surface area contributed by atoms with Crippen molar-refractivity contribution < 1.29 is 8.98 Å². The van der Waals surface area contributed by atoms with E-state index in [9.17, 15) is 0 Å². The maximum Gasteiger partial charge on any atom is 0.218 e. The van der Waals surface area contributed by atoms with Crippen molar-refractivity contribution in [3.8, 4) is 11.3 Å². The molecule has 0 saturated carbocycles. The molecule has 0 aliphatic heterocycles. The van der Waals surface area contributed by atoms with Crippen molar-refractivity contribution in [2.75, 3.05) is 0 Å². The SMILES string of the molecule is Cc1cc(C)c(C)c(-c2cc3ncoc3c[n+]2C)c1. The molecule has 1 aromatic carbocycles. The Labute approximate surface area is 112 Å². The molecule has 0 unspecified atom stereocenters. The second kappa shape index (κ2) is 4.19. The second-order valence-electron chi connectivity index (χ2n) is 5.13. The predicted molar refractivity (Wildman–Crippen MR) is 74.8 cm³/mol. The van der Waals surface area contributed by atoms with Crippen molar-refractivity contribution in [3.63, 3.8) is 0 Å². The molecule has 0 aliphatic carbocycles. The summed E-state index contributed by atoms with van der Waals surface area (Å²) in [4.78, 5) is 4.24. The standard InChI is InChI=1S/C16H17N2O/c1-10-5-11(2)12(3)13(6-10)15-7-14-16(8-18(15)4)19-9-17-14/h5-9H,1-4H3/q+1. The molecule has 3 heteroatoms. The maximum absolute atomic E-state index is 5.34. The molecule has 2 heterocycles. The molecule has 0 amide bonds. The van der Waals surface area contributed by atoms with Crippen LogP contribution in [0.2, 0.25) is 0 Å². The van der Waals surface area contributed by atoms with E-state index in [0.717, 1.165) is 16.8 Å². The third-order valence-corrected chi connectivity index (χ3v) is 3.68. The minimum absolute atomic E-state index is 0.813. The Balaban J connectivity index is 2.32. The monoisotopic (exact) mass is 253 g/mol. The molecule has 19 heavy (non-hydrogen) atoms. The Hall–Kier alpha value is -2.16. The number of aromatic nitrogens is 2. The zero-order valence-electron chi connectivity index (χ0n) is 11.7. The number of rotatable bonds is 1. The van der Waals surface area contributed by atoms with Gasteiger partial charge in [0.05, 0.1) is 0 Å². The van der Waals surface area contributed by atoms with Crippen LogP contribution in [0.1, 0.15) is 16.7 Å². The molecule has 3 rings (SSSR count). The van der Waals surface area contributed by atoms with Crippen LogP contribution >= 0.6 is 0 Å². The van der Waals surface area contributed by atoms with Gasteiger partial charge in [0.1, 0.15) is 12.6 Å². The third kappa shape index (κ3) is 1.91. The summed E-state index contributed by atoms with van der Waals surface area (Å²) < 4.78 is 7.43. The minimum Gasteiger partial charge on any atom is -0.437 e. The first-order valence-corrected chi connectivity index (χ1v) is 6.37. The molecule has 0 aliphatic rings. The highest BCUT2D eigenvalue weighted by Gasteiger charge is 2.17. The van der Waals surface area contributed by atoms with Crippen LogP contribution in [0.25, 0.3) is 22.4 Å². The van der Waals surface area contributed by atoms with E-state index in [1.54, 1.807) is 0 Å². The van der Waals surface area contributed by atoms with Crippen LogP contribution in [0.3, 0.4) is 0 Å². The molecule has 0 radical (unpaired) electrons. The van der Waals surface area contributed by atoms with Gasteiger partial charge in [-0.05, 0) is 38.0 Å². The first kappa shape index (κ1) is 11.9. The van der Waals surface area contributed by atoms with Gasteiger partial charge < -0.3 is 4.42 Å². The molecular weight excluding hydrogens is 236 g/mol. The van der Waals surface area contributed by atoms with Gasteiger partial charge in [-0.15, -0.1) is 0 Å². The van der Waals surface area contributed by atoms with Crippen molar-refractivity contribution in [3.05, 3.63) is 47.5 Å². The van der Waals surface area contributed by atoms with Gasteiger partial charge in [0.2, 0.25) is 17.5 Å². The number of hydrogen-bond donors (Lipinski definition) is 0. The average molecular weight is 253 g/mol. The third-order valence-electron chi connectivity index (χ3n) is 3.68. The van der Waals surface area contributed by atoms with Gasteiger partial charge in [0.15, 0.2) is 6.39 Å². The number of hydrogen-bond acceptors (Lipinski definition) is 2. The molecule has 0 N–H and O–H groups in total. The number of benzene rings is 1. The lowest BCUT2D eigenvalue weighted by Gasteiger charge is -2.08. The first-order chi connectivity index (χ1) is 9.06. The normalized spacial score (nSPS) is 11.2. The lowest BCUT2D eigenvalue weighted by atomic mass is 9.97. The minimum atomic E-state index is 0.813. The van der Waals surface area contributed by atoms with Crippen LogP contribution in [0.4, 0.5) is 0 Å². The van der Waals surface area contributed by atoms with Crippen molar-refractivity contribution in [1.29, 1.82) is 0 Å². The van der Waals surface area contributed by atoms with E-state index < -0.39 is 0 Å². The highest BCUT2D eigenvalue weighted by molar-refractivity contribution is 5.76. The highest BCUT2D eigenvalue weighted by Crippen LogP contribution is 2.26. The van der Waals surface area contributed by atoms with E-state index in [0.29, 0.717) is 0 Å². The van der Waals surface area contributed by atoms with E-state index in [2.05, 4.69) is 48.5 Å². The van der Waals surface area contributed by atoms with E-state index in [4.69, 9.17) is 4.42 Å². The Kier molecular flexibility index (Phi) is 2.63. The average Bonchev–Trinajstić information content (AvgIpc) is 2.80. The summed E-state index contributed by atoms with van der Waals surface area (Å²) in [5.41, 5.74) is 8.02. The zero-order valence-corrected chi connectivity index (χ0v) is 11.7. The van der Waals surface area contributed by atoms with Crippen LogP contribution in [-0.4, -0.2) is 4.98 Å². The van der Waals surface area contributed by atoms with Crippen molar-refractivity contribution >= 4 is 11.1 Å². The van der Waals surface area contributed by atoms with Crippen LogP contribution < -0.4 is 4.57 Å². The summed E-state index contributed by atoms with van der Waals surface area (Å²) in [5.74, 6) is 0. The predicted octanol–water partition coefficient (Wildman–Crippen LogP) is 3.24. The Morgan fingerprint density at radius 1 is 1.11 bits per heavy atom. The van der Waals surface area contributed by atoms with Crippen molar-refractivity contribution in [1.82, 2.24) is 4.98 Å². The quantitative estimate of drug-likeness (QED) is 0.623. The molecule has 0 fully saturated rings. The van der Waals surface area contributed by atoms with Gasteiger partial charge in [0, 0.05) is 11.6 Å². The van der Waals surface area contributed by atoms with E-state index >= 15 is 0 Å². The van der Waals surface area contributed by atoms with E-state index in [1.807, 2.05) is 13.2 Å². The molecule has 0 spiro atoms. The van der Waals surface area contributed by atoms with Gasteiger partial charge in [-0.2, -0.15) is 4.57 Å². The van der Waals surface area contributed by atoms with Gasteiger partial charge >= 0.3 is 0 Å². The molecule has 0 atom stereocenters. The summed E-state index contributed by atoms with van der Waals surface area (Å²) in [6, 6.07) is 6.52. The van der Waals surface area contributed by atoms with Gasteiger partial charge in [0.25, 0.3) is 0 Å². The smallest absolute Gasteiger partial charge is 0.218 e. The molecule has 2 aromatic heterocycles. The fraction of sp³-hybridized carbons (Fsp3) is 0.250. The number of pyridine rings is 1. The first-order valence-electron chi connectivity index (χ1n) is 6.37. The van der Waals surface area contributed by atoms with Crippen molar-refractivity contribution in [2.45, 2.75) is 20.8 Å². The summed E-state index contributed by atoms with van der Waals surface area (Å²) in [7, 11) is 2.04. The number of fused-ring (bicyclic) bond motifs is 1. The van der Waals surface area contributed by atoms with Crippen LogP contribution in [0.5, 0.6) is 0 Å². The van der Waals surface area contributed by atoms with Crippen LogP contribution in [-0.2, 0) is 7.05 Å². The second-order valence-corrected chi connectivity index (χ2v) is 5.13. The number of aryl methyl sites for hydroxylation is 3. The summed E-state index contributed by atoms with van der Waals surface area (Å²) in [5, 5.41) is 0. The lowest BCUT2D eigenvalue weighted by Crippen LogP contribution is -2.30.